The number of benzene rings is 1. The van der Waals surface area contributed by atoms with E-state index in [1.807, 2.05) is 12.1 Å². The van der Waals surface area contributed by atoms with Crippen molar-refractivity contribution in [1.29, 1.82) is 0 Å². The summed E-state index contributed by atoms with van der Waals surface area (Å²) in [5.74, 6) is 1.49. The second-order valence-corrected chi connectivity index (χ2v) is 8.01. The number of thiazole rings is 1. The highest BCUT2D eigenvalue weighted by Gasteiger charge is 2.16. The Morgan fingerprint density at radius 2 is 2.00 bits per heavy atom. The third kappa shape index (κ3) is 5.31. The summed E-state index contributed by atoms with van der Waals surface area (Å²) in [5.41, 5.74) is 8.22. The number of hydrogen-bond acceptors (Lipinski definition) is 5. The molecule has 0 aliphatic carbocycles. The van der Waals surface area contributed by atoms with Gasteiger partial charge in [0.05, 0.1) is 12.3 Å². The molecule has 0 amide bonds. The number of nitrogen functional groups attached to an aromatic ring is 1. The summed E-state index contributed by atoms with van der Waals surface area (Å²) in [7, 11) is 0. The maximum atomic E-state index is 5.81. The van der Waals surface area contributed by atoms with E-state index in [-0.39, 0.29) is 0 Å². The Bertz CT molecular complexity index is 681. The molecule has 0 bridgehead atoms. The topological polar surface area (TPSA) is 51.4 Å². The van der Waals surface area contributed by atoms with Gasteiger partial charge in [-0.25, -0.2) is 4.98 Å². The SMILES string of the molecule is CC(C)COc1ccc(/C=C/CN2CCc3nc(N)sc3CC2)cc1. The lowest BCUT2D eigenvalue weighted by Crippen LogP contribution is -2.26. The van der Waals surface area contributed by atoms with Crippen molar-refractivity contribution in [2.75, 3.05) is 32.0 Å². The quantitative estimate of drug-likeness (QED) is 0.852. The zero-order chi connectivity index (χ0) is 17.6. The van der Waals surface area contributed by atoms with Crippen molar-refractivity contribution < 1.29 is 4.74 Å². The molecule has 1 aliphatic heterocycles. The van der Waals surface area contributed by atoms with E-state index in [2.05, 4.69) is 48.0 Å². The molecule has 0 atom stereocenters. The van der Waals surface area contributed by atoms with Crippen LogP contribution in [0.1, 0.15) is 30.0 Å². The second-order valence-electron chi connectivity index (χ2n) is 6.90. The molecule has 0 spiro atoms. The van der Waals surface area contributed by atoms with Crippen LogP contribution < -0.4 is 10.5 Å². The van der Waals surface area contributed by atoms with Crippen LogP contribution in [0.25, 0.3) is 6.08 Å². The Morgan fingerprint density at radius 3 is 2.76 bits per heavy atom. The number of rotatable bonds is 6. The molecule has 0 unspecified atom stereocenters. The summed E-state index contributed by atoms with van der Waals surface area (Å²) in [4.78, 5) is 8.28. The predicted octanol–water partition coefficient (Wildman–Crippen LogP) is 3.87. The van der Waals surface area contributed by atoms with Crippen molar-refractivity contribution >= 4 is 22.5 Å². The molecule has 1 aromatic carbocycles. The molecule has 0 fully saturated rings. The Labute approximate surface area is 154 Å². The third-order valence-electron chi connectivity index (χ3n) is 4.25. The smallest absolute Gasteiger partial charge is 0.180 e. The van der Waals surface area contributed by atoms with Crippen molar-refractivity contribution in [2.45, 2.75) is 26.7 Å². The Morgan fingerprint density at radius 1 is 1.24 bits per heavy atom. The summed E-state index contributed by atoms with van der Waals surface area (Å²) in [5, 5.41) is 0.708. The molecule has 25 heavy (non-hydrogen) atoms. The van der Waals surface area contributed by atoms with Crippen LogP contribution in [0.3, 0.4) is 0 Å². The summed E-state index contributed by atoms with van der Waals surface area (Å²) < 4.78 is 5.72. The standard InChI is InChI=1S/C20H27N3OS/c1-15(2)14-24-17-7-5-16(6-8-17)4-3-11-23-12-9-18-19(10-13-23)25-20(21)22-18/h3-8,15H,9-14H2,1-2H3,(H2,21,22)/b4-3+. The number of hydrogen-bond donors (Lipinski definition) is 1. The van der Waals surface area contributed by atoms with Gasteiger partial charge in [-0.3, -0.25) is 4.90 Å². The zero-order valence-electron chi connectivity index (χ0n) is 15.1. The largest absolute Gasteiger partial charge is 0.493 e. The van der Waals surface area contributed by atoms with Crippen molar-refractivity contribution in [1.82, 2.24) is 9.88 Å². The third-order valence-corrected chi connectivity index (χ3v) is 5.24. The van der Waals surface area contributed by atoms with E-state index >= 15 is 0 Å². The molecule has 0 radical (unpaired) electrons. The summed E-state index contributed by atoms with van der Waals surface area (Å²) in [6.45, 7) is 8.16. The monoisotopic (exact) mass is 357 g/mol. The lowest BCUT2D eigenvalue weighted by molar-refractivity contribution is 0.271. The van der Waals surface area contributed by atoms with Gasteiger partial charge in [-0.2, -0.15) is 0 Å². The minimum Gasteiger partial charge on any atom is -0.493 e. The summed E-state index contributed by atoms with van der Waals surface area (Å²) in [6.07, 6.45) is 6.48. The maximum Gasteiger partial charge on any atom is 0.180 e. The van der Waals surface area contributed by atoms with Crippen LogP contribution >= 0.6 is 11.3 Å². The van der Waals surface area contributed by atoms with E-state index in [0.29, 0.717) is 11.0 Å². The highest BCUT2D eigenvalue weighted by Crippen LogP contribution is 2.24. The van der Waals surface area contributed by atoms with Gasteiger partial charge in [-0.1, -0.05) is 38.1 Å². The number of aromatic nitrogens is 1. The van der Waals surface area contributed by atoms with Gasteiger partial charge in [0.2, 0.25) is 0 Å². The van der Waals surface area contributed by atoms with Crippen LogP contribution in [0, 0.1) is 5.92 Å². The molecular formula is C20H27N3OS. The Balaban J connectivity index is 1.47. The van der Waals surface area contributed by atoms with Crippen LogP contribution in [0.5, 0.6) is 5.75 Å². The molecule has 4 nitrogen and oxygen atoms in total. The van der Waals surface area contributed by atoms with Crippen molar-refractivity contribution in [3.63, 3.8) is 0 Å². The first-order chi connectivity index (χ1) is 12.1. The number of nitrogens with two attached hydrogens (primary N) is 1. The average molecular weight is 358 g/mol. The first kappa shape index (κ1) is 18.0. The van der Waals surface area contributed by atoms with E-state index in [1.165, 1.54) is 16.1 Å². The molecule has 2 aromatic rings. The first-order valence-electron chi connectivity index (χ1n) is 8.96. The first-order valence-corrected chi connectivity index (χ1v) is 9.77. The number of anilines is 1. The van der Waals surface area contributed by atoms with Crippen LogP contribution in [0.2, 0.25) is 0 Å². The van der Waals surface area contributed by atoms with Crippen LogP contribution in [-0.2, 0) is 12.8 Å². The van der Waals surface area contributed by atoms with E-state index in [0.717, 1.165) is 44.8 Å². The fraction of sp³-hybridized carbons (Fsp3) is 0.450. The van der Waals surface area contributed by atoms with E-state index in [4.69, 9.17) is 10.5 Å². The van der Waals surface area contributed by atoms with Gasteiger partial charge < -0.3 is 10.5 Å². The lowest BCUT2D eigenvalue weighted by atomic mass is 10.2. The molecule has 1 aliphatic rings. The number of nitrogens with zero attached hydrogens (tertiary/aromatic N) is 2. The average Bonchev–Trinajstić information content (AvgIpc) is 2.85. The van der Waals surface area contributed by atoms with Gasteiger partial charge in [-0.15, -0.1) is 11.3 Å². The molecule has 2 heterocycles. The molecule has 5 heteroatoms. The fourth-order valence-electron chi connectivity index (χ4n) is 2.89. The van der Waals surface area contributed by atoms with Gasteiger partial charge in [-0.05, 0) is 30.0 Å². The molecule has 0 saturated heterocycles. The zero-order valence-corrected chi connectivity index (χ0v) is 15.9. The van der Waals surface area contributed by atoms with Gasteiger partial charge in [0.15, 0.2) is 5.13 Å². The van der Waals surface area contributed by atoms with Gasteiger partial charge in [0.25, 0.3) is 0 Å². The van der Waals surface area contributed by atoms with E-state index in [9.17, 15) is 0 Å². The van der Waals surface area contributed by atoms with Crippen molar-refractivity contribution in [3.05, 3.63) is 46.5 Å². The molecule has 2 N–H and O–H groups in total. The van der Waals surface area contributed by atoms with Gasteiger partial charge >= 0.3 is 0 Å². The van der Waals surface area contributed by atoms with E-state index in [1.54, 1.807) is 11.3 Å². The summed E-state index contributed by atoms with van der Waals surface area (Å²) >= 11 is 1.64. The highest BCUT2D eigenvalue weighted by molar-refractivity contribution is 7.15. The van der Waals surface area contributed by atoms with Crippen LogP contribution in [-0.4, -0.2) is 36.1 Å². The second kappa shape index (κ2) is 8.50. The molecular weight excluding hydrogens is 330 g/mol. The van der Waals surface area contributed by atoms with Crippen LogP contribution in [0.15, 0.2) is 30.3 Å². The highest BCUT2D eigenvalue weighted by atomic mass is 32.1. The fourth-order valence-corrected chi connectivity index (χ4v) is 3.76. The summed E-state index contributed by atoms with van der Waals surface area (Å²) in [6, 6.07) is 8.31. The maximum absolute atomic E-state index is 5.81. The lowest BCUT2D eigenvalue weighted by Gasteiger charge is -2.17. The van der Waals surface area contributed by atoms with Crippen molar-refractivity contribution in [3.8, 4) is 5.75 Å². The minimum atomic E-state index is 0.546. The number of ether oxygens (including phenoxy) is 1. The van der Waals surface area contributed by atoms with Crippen LogP contribution in [0.4, 0.5) is 5.13 Å². The molecule has 134 valence electrons. The molecule has 0 saturated carbocycles. The van der Waals surface area contributed by atoms with Crippen molar-refractivity contribution in [2.24, 2.45) is 5.92 Å². The van der Waals surface area contributed by atoms with Gasteiger partial charge in [0.1, 0.15) is 5.75 Å². The molecule has 1 aromatic heterocycles. The van der Waals surface area contributed by atoms with E-state index < -0.39 is 0 Å². The Kier molecular flexibility index (Phi) is 6.10. The predicted molar refractivity (Wildman–Crippen MR) is 106 cm³/mol. The van der Waals surface area contributed by atoms with Gasteiger partial charge in [0, 0.05) is 30.9 Å². The normalized spacial score (nSPS) is 15.5. The number of fused-ring (bicyclic) bond motifs is 1. The molecule has 3 rings (SSSR count). The minimum absolute atomic E-state index is 0.546. The Hall–Kier alpha value is -1.85.